The van der Waals surface area contributed by atoms with Crippen LogP contribution in [0.25, 0.3) is 0 Å². The lowest BCUT2D eigenvalue weighted by molar-refractivity contribution is -0.124. The molecule has 3 heteroatoms. The van der Waals surface area contributed by atoms with Gasteiger partial charge in [0.25, 0.3) is 0 Å². The Morgan fingerprint density at radius 2 is 2.30 bits per heavy atom. The minimum absolute atomic E-state index is 0.196. The summed E-state index contributed by atoms with van der Waals surface area (Å²) in [6.45, 7) is 0. The van der Waals surface area contributed by atoms with Crippen molar-refractivity contribution in [1.82, 2.24) is 0 Å². The standard InChI is InChI=1S/C7H11ClO2/c1-10-7(3-2-4-7)5-6(8)9/h2-5H2,1H3. The van der Waals surface area contributed by atoms with Crippen LogP contribution in [0.1, 0.15) is 25.7 Å². The number of halogens is 1. The first-order valence-corrected chi connectivity index (χ1v) is 3.80. The molecule has 0 saturated heterocycles. The van der Waals surface area contributed by atoms with E-state index >= 15 is 0 Å². The first-order chi connectivity index (χ1) is 4.68. The van der Waals surface area contributed by atoms with Crippen molar-refractivity contribution in [3.05, 3.63) is 0 Å². The molecule has 0 heterocycles. The summed E-state index contributed by atoms with van der Waals surface area (Å²) in [4.78, 5) is 10.5. The predicted octanol–water partition coefficient (Wildman–Crippen LogP) is 1.71. The highest BCUT2D eigenvalue weighted by Crippen LogP contribution is 2.38. The van der Waals surface area contributed by atoms with Gasteiger partial charge in [-0.25, -0.2) is 0 Å². The van der Waals surface area contributed by atoms with Crippen LogP contribution in [0, 0.1) is 0 Å². The van der Waals surface area contributed by atoms with E-state index in [2.05, 4.69) is 0 Å². The van der Waals surface area contributed by atoms with E-state index < -0.39 is 0 Å². The van der Waals surface area contributed by atoms with Crippen molar-refractivity contribution in [1.29, 1.82) is 0 Å². The number of hydrogen-bond donors (Lipinski definition) is 0. The van der Waals surface area contributed by atoms with Crippen LogP contribution < -0.4 is 0 Å². The lowest BCUT2D eigenvalue weighted by Crippen LogP contribution is -2.40. The number of ether oxygens (including phenoxy) is 1. The van der Waals surface area contributed by atoms with Crippen LogP contribution in [-0.4, -0.2) is 18.0 Å². The van der Waals surface area contributed by atoms with Crippen LogP contribution in [-0.2, 0) is 9.53 Å². The highest BCUT2D eigenvalue weighted by atomic mass is 35.5. The third kappa shape index (κ3) is 1.50. The van der Waals surface area contributed by atoms with Crippen molar-refractivity contribution >= 4 is 16.8 Å². The molecular weight excluding hydrogens is 152 g/mol. The Kier molecular flexibility index (Phi) is 2.32. The summed E-state index contributed by atoms with van der Waals surface area (Å²) in [5.74, 6) is 0. The summed E-state index contributed by atoms with van der Waals surface area (Å²) in [5.41, 5.74) is -0.196. The summed E-state index contributed by atoms with van der Waals surface area (Å²) in [6.07, 6.45) is 3.47. The molecule has 0 bridgehead atoms. The molecule has 0 aromatic heterocycles. The van der Waals surface area contributed by atoms with E-state index in [4.69, 9.17) is 16.3 Å². The molecule has 0 unspecified atom stereocenters. The van der Waals surface area contributed by atoms with Gasteiger partial charge < -0.3 is 4.74 Å². The zero-order chi connectivity index (χ0) is 7.61. The normalized spacial score (nSPS) is 21.8. The smallest absolute Gasteiger partial charge is 0.224 e. The second-order valence-corrected chi connectivity index (χ2v) is 3.19. The number of carbonyl (C=O) groups excluding carboxylic acids is 1. The van der Waals surface area contributed by atoms with Gasteiger partial charge in [-0.15, -0.1) is 0 Å². The molecular formula is C7H11ClO2. The van der Waals surface area contributed by atoms with Crippen molar-refractivity contribution in [2.45, 2.75) is 31.3 Å². The Morgan fingerprint density at radius 3 is 2.40 bits per heavy atom. The molecule has 0 aromatic carbocycles. The summed E-state index contributed by atoms with van der Waals surface area (Å²) < 4.78 is 5.18. The first kappa shape index (κ1) is 8.02. The van der Waals surface area contributed by atoms with Gasteiger partial charge in [0.15, 0.2) is 0 Å². The molecule has 0 spiro atoms. The summed E-state index contributed by atoms with van der Waals surface area (Å²) in [7, 11) is 1.64. The Hall–Kier alpha value is -0.0800. The Labute approximate surface area is 65.5 Å². The molecule has 10 heavy (non-hydrogen) atoms. The molecule has 1 rings (SSSR count). The molecule has 0 aliphatic heterocycles. The maximum absolute atomic E-state index is 10.5. The lowest BCUT2D eigenvalue weighted by Gasteiger charge is -2.39. The SMILES string of the molecule is COC1(CC(=O)Cl)CCC1. The summed E-state index contributed by atoms with van der Waals surface area (Å²) in [6, 6.07) is 0. The molecule has 0 aromatic rings. The largest absolute Gasteiger partial charge is 0.378 e. The second kappa shape index (κ2) is 2.89. The van der Waals surface area contributed by atoms with Crippen molar-refractivity contribution in [3.8, 4) is 0 Å². The molecule has 1 aliphatic carbocycles. The van der Waals surface area contributed by atoms with Crippen LogP contribution in [0.3, 0.4) is 0 Å². The van der Waals surface area contributed by atoms with Gasteiger partial charge in [0, 0.05) is 7.11 Å². The number of rotatable bonds is 3. The fourth-order valence-corrected chi connectivity index (χ4v) is 1.52. The van der Waals surface area contributed by atoms with E-state index in [9.17, 15) is 4.79 Å². The Bertz CT molecular complexity index is 135. The minimum Gasteiger partial charge on any atom is -0.378 e. The van der Waals surface area contributed by atoms with Crippen molar-refractivity contribution in [2.24, 2.45) is 0 Å². The van der Waals surface area contributed by atoms with E-state index in [0.717, 1.165) is 19.3 Å². The van der Waals surface area contributed by atoms with Crippen molar-refractivity contribution in [2.75, 3.05) is 7.11 Å². The monoisotopic (exact) mass is 162 g/mol. The van der Waals surface area contributed by atoms with E-state index in [1.807, 2.05) is 0 Å². The highest BCUT2D eigenvalue weighted by Gasteiger charge is 2.38. The molecule has 0 atom stereocenters. The van der Waals surface area contributed by atoms with E-state index in [-0.39, 0.29) is 10.8 Å². The maximum atomic E-state index is 10.5. The van der Waals surface area contributed by atoms with Gasteiger partial charge >= 0.3 is 0 Å². The van der Waals surface area contributed by atoms with Crippen LogP contribution in [0.4, 0.5) is 0 Å². The van der Waals surface area contributed by atoms with Crippen LogP contribution >= 0.6 is 11.6 Å². The van der Waals surface area contributed by atoms with Gasteiger partial charge in [-0.2, -0.15) is 0 Å². The van der Waals surface area contributed by atoms with Crippen molar-refractivity contribution in [3.63, 3.8) is 0 Å². The average Bonchev–Trinajstić information content (AvgIpc) is 1.78. The third-order valence-electron chi connectivity index (χ3n) is 2.16. The molecule has 1 aliphatic rings. The Balaban J connectivity index is 2.40. The molecule has 0 amide bonds. The van der Waals surface area contributed by atoms with Gasteiger partial charge in [-0.1, -0.05) is 0 Å². The predicted molar refractivity (Wildman–Crippen MR) is 39.1 cm³/mol. The van der Waals surface area contributed by atoms with E-state index in [1.54, 1.807) is 7.11 Å². The van der Waals surface area contributed by atoms with Gasteiger partial charge in [0.2, 0.25) is 5.24 Å². The lowest BCUT2D eigenvalue weighted by atomic mass is 9.78. The second-order valence-electron chi connectivity index (χ2n) is 2.77. The fraction of sp³-hybridized carbons (Fsp3) is 0.857. The fourth-order valence-electron chi connectivity index (χ4n) is 1.28. The quantitative estimate of drug-likeness (QED) is 0.591. The zero-order valence-electron chi connectivity index (χ0n) is 6.02. The van der Waals surface area contributed by atoms with Gasteiger partial charge in [0.05, 0.1) is 12.0 Å². The third-order valence-corrected chi connectivity index (χ3v) is 2.29. The average molecular weight is 163 g/mol. The zero-order valence-corrected chi connectivity index (χ0v) is 6.78. The molecule has 58 valence electrons. The maximum Gasteiger partial charge on any atom is 0.224 e. The molecule has 1 fully saturated rings. The number of methoxy groups -OCH3 is 1. The molecule has 1 saturated carbocycles. The first-order valence-electron chi connectivity index (χ1n) is 3.42. The molecule has 0 N–H and O–H groups in total. The van der Waals surface area contributed by atoms with Gasteiger partial charge in [0.1, 0.15) is 0 Å². The highest BCUT2D eigenvalue weighted by molar-refractivity contribution is 6.63. The number of hydrogen-bond acceptors (Lipinski definition) is 2. The Morgan fingerprint density at radius 1 is 1.70 bits per heavy atom. The summed E-state index contributed by atoms with van der Waals surface area (Å²) in [5, 5.41) is -0.290. The van der Waals surface area contributed by atoms with E-state index in [0.29, 0.717) is 6.42 Å². The summed E-state index contributed by atoms with van der Waals surface area (Å²) >= 11 is 5.23. The van der Waals surface area contributed by atoms with Gasteiger partial charge in [-0.3, -0.25) is 4.79 Å². The van der Waals surface area contributed by atoms with E-state index in [1.165, 1.54) is 0 Å². The minimum atomic E-state index is -0.290. The van der Waals surface area contributed by atoms with Crippen LogP contribution in [0.2, 0.25) is 0 Å². The van der Waals surface area contributed by atoms with Crippen molar-refractivity contribution < 1.29 is 9.53 Å². The van der Waals surface area contributed by atoms with Crippen LogP contribution in [0.5, 0.6) is 0 Å². The van der Waals surface area contributed by atoms with Crippen LogP contribution in [0.15, 0.2) is 0 Å². The number of carbonyl (C=O) groups is 1. The molecule has 2 nitrogen and oxygen atoms in total. The van der Waals surface area contributed by atoms with Gasteiger partial charge in [-0.05, 0) is 30.9 Å². The topological polar surface area (TPSA) is 26.3 Å². The molecule has 0 radical (unpaired) electrons.